The van der Waals surface area contributed by atoms with Crippen molar-refractivity contribution >= 4 is 17.0 Å². The van der Waals surface area contributed by atoms with Gasteiger partial charge in [0.1, 0.15) is 0 Å². The molecule has 0 aromatic carbocycles. The Hall–Kier alpha value is -1.91. The quantitative estimate of drug-likeness (QED) is 0.921. The van der Waals surface area contributed by atoms with Crippen LogP contribution in [-0.2, 0) is 0 Å². The Bertz CT molecular complexity index is 827. The van der Waals surface area contributed by atoms with Crippen LogP contribution in [0.1, 0.15) is 67.9 Å². The Morgan fingerprint density at radius 2 is 2.08 bits per heavy atom. The maximum atomic E-state index is 12.8. The van der Waals surface area contributed by atoms with Gasteiger partial charge in [-0.25, -0.2) is 4.98 Å². The van der Waals surface area contributed by atoms with Crippen molar-refractivity contribution in [1.29, 1.82) is 0 Å². The van der Waals surface area contributed by atoms with Crippen molar-refractivity contribution in [1.82, 2.24) is 15.5 Å². The number of pyridine rings is 1. The first-order chi connectivity index (χ1) is 12.1. The van der Waals surface area contributed by atoms with Gasteiger partial charge in [0.2, 0.25) is 0 Å². The summed E-state index contributed by atoms with van der Waals surface area (Å²) in [5.74, 6) is 3.58. The average molecular weight is 339 g/mol. The van der Waals surface area contributed by atoms with E-state index in [9.17, 15) is 4.79 Å². The highest BCUT2D eigenvalue weighted by Gasteiger charge is 2.54. The van der Waals surface area contributed by atoms with Crippen molar-refractivity contribution < 1.29 is 9.32 Å². The third kappa shape index (κ3) is 2.31. The second-order valence-electron chi connectivity index (χ2n) is 8.53. The molecule has 0 radical (unpaired) electrons. The molecule has 0 saturated heterocycles. The molecular formula is C20H25N3O2. The molecule has 2 bridgehead atoms. The lowest BCUT2D eigenvalue weighted by atomic mass is 9.79. The van der Waals surface area contributed by atoms with E-state index in [2.05, 4.69) is 29.3 Å². The molecule has 5 heteroatoms. The number of rotatable bonds is 3. The van der Waals surface area contributed by atoms with E-state index in [-0.39, 0.29) is 11.8 Å². The molecule has 3 fully saturated rings. The Balaban J connectivity index is 1.36. The fourth-order valence-corrected chi connectivity index (χ4v) is 5.88. The fourth-order valence-electron chi connectivity index (χ4n) is 5.88. The Kier molecular flexibility index (Phi) is 3.41. The van der Waals surface area contributed by atoms with Crippen LogP contribution in [0, 0.1) is 23.7 Å². The van der Waals surface area contributed by atoms with Gasteiger partial charge in [-0.3, -0.25) is 4.79 Å². The summed E-state index contributed by atoms with van der Waals surface area (Å²) in [5.41, 5.74) is 1.99. The molecule has 3 saturated carbocycles. The number of carbonyl (C=O) groups is 1. The van der Waals surface area contributed by atoms with E-state index < -0.39 is 0 Å². The molecule has 2 aromatic rings. The molecule has 1 amide bonds. The van der Waals surface area contributed by atoms with Crippen LogP contribution in [0.3, 0.4) is 0 Å². The molecule has 2 aromatic heterocycles. The minimum atomic E-state index is -0.00240. The van der Waals surface area contributed by atoms with Gasteiger partial charge in [0.25, 0.3) is 11.6 Å². The van der Waals surface area contributed by atoms with Crippen molar-refractivity contribution in [2.45, 2.75) is 57.9 Å². The lowest BCUT2D eigenvalue weighted by Gasteiger charge is -2.32. The molecule has 5 rings (SSSR count). The van der Waals surface area contributed by atoms with E-state index >= 15 is 0 Å². The minimum absolute atomic E-state index is 0.00240. The van der Waals surface area contributed by atoms with Gasteiger partial charge in [-0.05, 0) is 61.3 Å². The highest BCUT2D eigenvalue weighted by atomic mass is 16.5. The molecule has 132 valence electrons. The first-order valence-corrected chi connectivity index (χ1v) is 9.68. The van der Waals surface area contributed by atoms with Gasteiger partial charge >= 0.3 is 0 Å². The average Bonchev–Trinajstić information content (AvgIpc) is 3.34. The molecule has 5 atom stereocenters. The number of nitrogens with zero attached hydrogens (tertiary/aromatic N) is 2. The highest BCUT2D eigenvalue weighted by molar-refractivity contribution is 5.97. The molecule has 3 aliphatic carbocycles. The van der Waals surface area contributed by atoms with Crippen molar-refractivity contribution in [3.63, 3.8) is 0 Å². The van der Waals surface area contributed by atoms with Gasteiger partial charge in [0.05, 0.1) is 16.6 Å². The predicted molar refractivity (Wildman–Crippen MR) is 94.2 cm³/mol. The number of hydrogen-bond donors (Lipinski definition) is 1. The van der Waals surface area contributed by atoms with Gasteiger partial charge < -0.3 is 9.84 Å². The minimum Gasteiger partial charge on any atom is -0.349 e. The van der Waals surface area contributed by atoms with Crippen LogP contribution < -0.4 is 5.32 Å². The molecule has 3 aliphatic rings. The zero-order valence-corrected chi connectivity index (χ0v) is 14.9. The number of carbonyl (C=O) groups excluding carboxylic acids is 1. The van der Waals surface area contributed by atoms with Gasteiger partial charge in [-0.15, -0.1) is 0 Å². The lowest BCUT2D eigenvalue weighted by molar-refractivity contribution is 0.0901. The molecule has 5 nitrogen and oxygen atoms in total. The van der Waals surface area contributed by atoms with Crippen LogP contribution in [0.15, 0.2) is 16.8 Å². The van der Waals surface area contributed by atoms with Crippen LogP contribution in [0.5, 0.6) is 0 Å². The fraction of sp³-hybridized carbons (Fsp3) is 0.650. The van der Waals surface area contributed by atoms with Crippen LogP contribution in [0.25, 0.3) is 11.1 Å². The Morgan fingerprint density at radius 1 is 1.24 bits per heavy atom. The smallest absolute Gasteiger partial charge is 0.257 e. The third-order valence-electron chi connectivity index (χ3n) is 6.91. The molecule has 0 aliphatic heterocycles. The zero-order valence-electron chi connectivity index (χ0n) is 14.9. The summed E-state index contributed by atoms with van der Waals surface area (Å²) in [7, 11) is 0. The van der Waals surface area contributed by atoms with Gasteiger partial charge in [-0.2, -0.15) is 0 Å². The van der Waals surface area contributed by atoms with E-state index in [1.807, 2.05) is 6.07 Å². The molecule has 1 N–H and O–H groups in total. The molecule has 0 unspecified atom stereocenters. The molecular weight excluding hydrogens is 314 g/mol. The van der Waals surface area contributed by atoms with Crippen LogP contribution >= 0.6 is 0 Å². The molecule has 25 heavy (non-hydrogen) atoms. The summed E-state index contributed by atoms with van der Waals surface area (Å²) < 4.78 is 5.27. The Labute approximate surface area is 147 Å². The largest absolute Gasteiger partial charge is 0.349 e. The maximum absolute atomic E-state index is 12.8. The summed E-state index contributed by atoms with van der Waals surface area (Å²) in [6.07, 6.45) is 8.26. The van der Waals surface area contributed by atoms with Crippen molar-refractivity contribution in [2.75, 3.05) is 0 Å². The summed E-state index contributed by atoms with van der Waals surface area (Å²) in [6, 6.07) is 2.23. The lowest BCUT2D eigenvalue weighted by Crippen LogP contribution is -2.42. The van der Waals surface area contributed by atoms with Gasteiger partial charge in [-0.1, -0.05) is 25.4 Å². The first-order valence-electron chi connectivity index (χ1n) is 9.68. The number of hydrogen-bond acceptors (Lipinski definition) is 4. The van der Waals surface area contributed by atoms with Crippen molar-refractivity contribution in [3.8, 4) is 0 Å². The summed E-state index contributed by atoms with van der Waals surface area (Å²) in [5, 5.41) is 8.26. The Morgan fingerprint density at radius 3 is 2.92 bits per heavy atom. The van der Waals surface area contributed by atoms with E-state index in [0.29, 0.717) is 23.2 Å². The van der Waals surface area contributed by atoms with E-state index in [4.69, 9.17) is 4.52 Å². The number of amides is 1. The van der Waals surface area contributed by atoms with Gasteiger partial charge in [0.15, 0.2) is 0 Å². The van der Waals surface area contributed by atoms with E-state index in [1.54, 1.807) is 6.20 Å². The number of aromatic nitrogens is 2. The monoisotopic (exact) mass is 339 g/mol. The standard InChI is InChI=1S/C20H25N3O2/c1-10(2)18-16-7-12(9-21-20(16)25-23-18)19(24)22-17-8-11-6-15(17)14-5-3-4-13(11)14/h7,9-11,13-15,17H,3-6,8H2,1-2H3,(H,22,24)/t11-,13+,14-,15+,17-/m1/s1. The highest BCUT2D eigenvalue weighted by Crippen LogP contribution is 2.58. The topological polar surface area (TPSA) is 68.0 Å². The van der Waals surface area contributed by atoms with Crippen molar-refractivity contribution in [3.05, 3.63) is 23.5 Å². The van der Waals surface area contributed by atoms with Crippen molar-refractivity contribution in [2.24, 2.45) is 23.7 Å². The SMILES string of the molecule is CC(C)c1noc2ncc(C(=O)N[C@@H]3C[C@H]4C[C@H]3[C@@H]3CCC[C@@H]43)cc12. The second kappa shape index (κ2) is 5.55. The third-order valence-corrected chi connectivity index (χ3v) is 6.91. The predicted octanol–water partition coefficient (Wildman–Crippen LogP) is 3.90. The normalized spacial score (nSPS) is 33.3. The molecule has 0 spiro atoms. The summed E-state index contributed by atoms with van der Waals surface area (Å²) in [6.45, 7) is 4.13. The first kappa shape index (κ1) is 15.4. The molecule has 2 heterocycles. The zero-order chi connectivity index (χ0) is 17.1. The number of fused-ring (bicyclic) bond motifs is 6. The number of nitrogens with one attached hydrogen (secondary N) is 1. The maximum Gasteiger partial charge on any atom is 0.257 e. The van der Waals surface area contributed by atoms with Crippen LogP contribution in [0.2, 0.25) is 0 Å². The summed E-state index contributed by atoms with van der Waals surface area (Å²) >= 11 is 0. The van der Waals surface area contributed by atoms with E-state index in [0.717, 1.165) is 35.3 Å². The van der Waals surface area contributed by atoms with Crippen LogP contribution in [-0.4, -0.2) is 22.1 Å². The second-order valence-corrected chi connectivity index (χ2v) is 8.53. The summed E-state index contributed by atoms with van der Waals surface area (Å²) in [4.78, 5) is 17.1. The van der Waals surface area contributed by atoms with Gasteiger partial charge in [0, 0.05) is 12.2 Å². The van der Waals surface area contributed by atoms with E-state index in [1.165, 1.54) is 25.7 Å². The van der Waals surface area contributed by atoms with Crippen LogP contribution in [0.4, 0.5) is 0 Å².